The van der Waals surface area contributed by atoms with E-state index in [1.165, 1.54) is 0 Å². The van der Waals surface area contributed by atoms with Crippen molar-refractivity contribution in [2.24, 2.45) is 0 Å². The van der Waals surface area contributed by atoms with E-state index in [-0.39, 0.29) is 5.38 Å². The highest BCUT2D eigenvalue weighted by molar-refractivity contribution is 6.22. The van der Waals surface area contributed by atoms with E-state index in [1.54, 1.807) is 19.1 Å². The molecule has 1 atom stereocenters. The highest BCUT2D eigenvalue weighted by Crippen LogP contribution is 2.11. The van der Waals surface area contributed by atoms with Crippen LogP contribution < -0.4 is 0 Å². The van der Waals surface area contributed by atoms with Crippen molar-refractivity contribution in [3.8, 4) is 35.5 Å². The minimum Gasteiger partial charge on any atom is -0.491 e. The Morgan fingerprint density at radius 2 is 2.20 bits per heavy atom. The molecular weight excluding hydrogens is 208 g/mol. The molecule has 74 valence electrons. The van der Waals surface area contributed by atoms with Gasteiger partial charge in [0, 0.05) is 6.08 Å². The predicted molar refractivity (Wildman–Crippen MR) is 61.8 cm³/mol. The number of hydrogen-bond donors (Lipinski definition) is 0. The van der Waals surface area contributed by atoms with Crippen molar-refractivity contribution in [3.05, 3.63) is 24.0 Å². The Hall–Kier alpha value is -1.75. The molecule has 0 saturated heterocycles. The summed E-state index contributed by atoms with van der Waals surface area (Å²) in [6.45, 7) is 2.21. The van der Waals surface area contributed by atoms with Gasteiger partial charge >= 0.3 is 0 Å². The Kier molecular flexibility index (Phi) is 5.03. The lowest BCUT2D eigenvalue weighted by Crippen LogP contribution is -2.09. The van der Waals surface area contributed by atoms with E-state index in [0.29, 0.717) is 12.4 Å². The third-order valence-electron chi connectivity index (χ3n) is 1.48. The van der Waals surface area contributed by atoms with Gasteiger partial charge in [-0.15, -0.1) is 11.6 Å². The zero-order valence-corrected chi connectivity index (χ0v) is 9.06. The van der Waals surface area contributed by atoms with Crippen LogP contribution in [0.5, 0.6) is 0 Å². The van der Waals surface area contributed by atoms with Crippen molar-refractivity contribution in [3.63, 3.8) is 0 Å². The van der Waals surface area contributed by atoms with Gasteiger partial charge in [-0.25, -0.2) is 0 Å². The van der Waals surface area contributed by atoms with Crippen LogP contribution in [0.3, 0.4) is 0 Å². The largest absolute Gasteiger partial charge is 0.491 e. The summed E-state index contributed by atoms with van der Waals surface area (Å²) in [5, 5.41) is -0.0465. The third-order valence-corrected chi connectivity index (χ3v) is 1.75. The van der Waals surface area contributed by atoms with E-state index in [1.807, 2.05) is 6.08 Å². The van der Waals surface area contributed by atoms with Crippen LogP contribution in [0, 0.1) is 35.5 Å². The van der Waals surface area contributed by atoms with Crippen LogP contribution in [0.15, 0.2) is 24.0 Å². The highest BCUT2D eigenvalue weighted by atomic mass is 35.5. The number of allylic oxidation sites excluding steroid dienone is 2. The number of ether oxygens (including phenoxy) is 1. The number of hydrogen-bond acceptors (Lipinski definition) is 1. The lowest BCUT2D eigenvalue weighted by Gasteiger charge is -2.13. The van der Waals surface area contributed by atoms with Crippen molar-refractivity contribution >= 4 is 11.6 Å². The molecule has 0 aromatic rings. The summed E-state index contributed by atoms with van der Waals surface area (Å²) >= 11 is 5.79. The van der Waals surface area contributed by atoms with E-state index in [2.05, 4.69) is 35.5 Å². The van der Waals surface area contributed by atoms with Crippen LogP contribution in [0.4, 0.5) is 0 Å². The molecule has 0 radical (unpaired) electrons. The molecule has 0 aromatic carbocycles. The fourth-order valence-electron chi connectivity index (χ4n) is 0.837. The zero-order chi connectivity index (χ0) is 10.9. The maximum absolute atomic E-state index is 5.79. The zero-order valence-electron chi connectivity index (χ0n) is 8.30. The van der Waals surface area contributed by atoms with Crippen LogP contribution in [0.25, 0.3) is 0 Å². The summed E-state index contributed by atoms with van der Waals surface area (Å²) in [6, 6.07) is 0. The van der Waals surface area contributed by atoms with Gasteiger partial charge in [-0.3, -0.25) is 0 Å². The van der Waals surface area contributed by atoms with E-state index >= 15 is 0 Å². The van der Waals surface area contributed by atoms with Gasteiger partial charge in [0.2, 0.25) is 0 Å². The van der Waals surface area contributed by atoms with Crippen LogP contribution in [-0.2, 0) is 4.74 Å². The van der Waals surface area contributed by atoms with Gasteiger partial charge in [-0.05, 0) is 36.7 Å². The highest BCUT2D eigenvalue weighted by Gasteiger charge is 2.06. The Bertz CT molecular complexity index is 452. The quantitative estimate of drug-likeness (QED) is 0.445. The molecule has 0 N–H and O–H groups in total. The van der Waals surface area contributed by atoms with E-state index in [9.17, 15) is 0 Å². The molecule has 0 amide bonds. The number of halogens is 1. The Balaban J connectivity index is 2.54. The Morgan fingerprint density at radius 3 is 2.87 bits per heavy atom. The monoisotopic (exact) mass is 216 g/mol. The van der Waals surface area contributed by atoms with Crippen LogP contribution in [0.1, 0.15) is 6.92 Å². The lowest BCUT2D eigenvalue weighted by atomic mass is 10.3. The minimum absolute atomic E-state index is 0.0465. The molecule has 0 bridgehead atoms. The molecule has 1 aliphatic rings. The Morgan fingerprint density at radius 1 is 1.40 bits per heavy atom. The third kappa shape index (κ3) is 4.87. The van der Waals surface area contributed by atoms with Crippen molar-refractivity contribution in [1.82, 2.24) is 0 Å². The normalized spacial score (nSPS) is 19.9. The van der Waals surface area contributed by atoms with Gasteiger partial charge in [0.1, 0.15) is 12.4 Å². The van der Waals surface area contributed by atoms with Crippen molar-refractivity contribution in [2.45, 2.75) is 12.3 Å². The summed E-state index contributed by atoms with van der Waals surface area (Å²) < 4.78 is 5.28. The summed E-state index contributed by atoms with van der Waals surface area (Å²) in [7, 11) is 0. The molecule has 0 unspecified atom stereocenters. The van der Waals surface area contributed by atoms with Gasteiger partial charge in [-0.1, -0.05) is 17.9 Å². The van der Waals surface area contributed by atoms with Gasteiger partial charge in [-0.2, -0.15) is 0 Å². The number of alkyl halides is 1. The fraction of sp³-hybridized carbons (Fsp3) is 0.231. The Labute approximate surface area is 95.1 Å². The molecule has 0 saturated carbocycles. The van der Waals surface area contributed by atoms with Crippen LogP contribution in [0.2, 0.25) is 0 Å². The van der Waals surface area contributed by atoms with Crippen LogP contribution in [-0.4, -0.2) is 12.0 Å². The molecule has 1 aliphatic heterocycles. The second kappa shape index (κ2) is 6.67. The van der Waals surface area contributed by atoms with E-state index < -0.39 is 0 Å². The first-order valence-electron chi connectivity index (χ1n) is 4.40. The molecule has 0 aliphatic carbocycles. The SMILES string of the molecule is CC#CC#CC#C/C=C1/C=C[C@@H](Cl)CO1. The average molecular weight is 217 g/mol. The fourth-order valence-corrected chi connectivity index (χ4v) is 0.973. The summed E-state index contributed by atoms with van der Waals surface area (Å²) in [4.78, 5) is 0. The smallest absolute Gasteiger partial charge is 0.127 e. The van der Waals surface area contributed by atoms with Gasteiger partial charge < -0.3 is 4.74 Å². The molecule has 1 heterocycles. The van der Waals surface area contributed by atoms with Gasteiger partial charge in [0.25, 0.3) is 0 Å². The maximum Gasteiger partial charge on any atom is 0.127 e. The molecule has 1 rings (SSSR count). The second-order valence-electron chi connectivity index (χ2n) is 2.63. The summed E-state index contributed by atoms with van der Waals surface area (Å²) in [5.41, 5.74) is 0. The summed E-state index contributed by atoms with van der Waals surface area (Å²) in [5.74, 6) is 16.5. The molecule has 0 spiro atoms. The topological polar surface area (TPSA) is 9.23 Å². The second-order valence-corrected chi connectivity index (χ2v) is 3.19. The standard InChI is InChI=1S/C13H9ClO/c1-2-3-4-5-6-7-8-13-10-9-12(14)11-15-13/h8-10,12H,11H2,1H3/b13-8-/t12-/m1/s1. The van der Waals surface area contributed by atoms with Crippen molar-refractivity contribution in [2.75, 3.05) is 6.61 Å². The maximum atomic E-state index is 5.79. The average Bonchev–Trinajstić information content (AvgIpc) is 2.26. The first-order valence-corrected chi connectivity index (χ1v) is 4.84. The van der Waals surface area contributed by atoms with Crippen molar-refractivity contribution < 1.29 is 4.74 Å². The lowest BCUT2D eigenvalue weighted by molar-refractivity contribution is 0.224. The molecular formula is C13H9ClO. The molecule has 0 fully saturated rings. The minimum atomic E-state index is -0.0465. The first-order chi connectivity index (χ1) is 7.33. The first kappa shape index (κ1) is 11.3. The molecule has 2 heteroatoms. The van der Waals surface area contributed by atoms with E-state index in [0.717, 1.165) is 0 Å². The molecule has 1 nitrogen and oxygen atoms in total. The predicted octanol–water partition coefficient (Wildman–Crippen LogP) is 2.09. The molecule has 15 heavy (non-hydrogen) atoms. The van der Waals surface area contributed by atoms with Crippen LogP contribution >= 0.6 is 11.6 Å². The van der Waals surface area contributed by atoms with Gasteiger partial charge in [0.05, 0.1) is 5.38 Å². The number of rotatable bonds is 0. The summed E-state index contributed by atoms with van der Waals surface area (Å²) in [6.07, 6.45) is 5.33. The van der Waals surface area contributed by atoms with E-state index in [4.69, 9.17) is 16.3 Å². The van der Waals surface area contributed by atoms with Crippen molar-refractivity contribution in [1.29, 1.82) is 0 Å². The van der Waals surface area contributed by atoms with Gasteiger partial charge in [0.15, 0.2) is 0 Å². The molecule has 0 aromatic heterocycles.